The van der Waals surface area contributed by atoms with Crippen LogP contribution in [0.15, 0.2) is 0 Å². The predicted molar refractivity (Wildman–Crippen MR) is 90.1 cm³/mol. The molecular formula is C15H30N6. The van der Waals surface area contributed by atoms with E-state index in [1.165, 1.54) is 6.42 Å². The predicted octanol–water partition coefficient (Wildman–Crippen LogP) is 3.00. The summed E-state index contributed by atoms with van der Waals surface area (Å²) in [5.74, 6) is 2.68. The topological polar surface area (TPSA) is 66.0 Å². The fourth-order valence-electron chi connectivity index (χ4n) is 2.06. The van der Waals surface area contributed by atoms with Crippen molar-refractivity contribution in [2.45, 2.75) is 53.5 Å². The Hall–Kier alpha value is -1.59. The zero-order valence-corrected chi connectivity index (χ0v) is 14.3. The van der Waals surface area contributed by atoms with Crippen LogP contribution >= 0.6 is 0 Å². The molecule has 1 unspecified atom stereocenters. The molecule has 21 heavy (non-hydrogen) atoms. The van der Waals surface area contributed by atoms with Gasteiger partial charge in [0, 0.05) is 26.2 Å². The van der Waals surface area contributed by atoms with E-state index in [0.717, 1.165) is 25.5 Å². The van der Waals surface area contributed by atoms with Crippen molar-refractivity contribution in [2.24, 2.45) is 5.92 Å². The molecule has 0 spiro atoms. The molecule has 6 nitrogen and oxygen atoms in total. The highest BCUT2D eigenvalue weighted by Gasteiger charge is 2.12. The van der Waals surface area contributed by atoms with Gasteiger partial charge in [0.2, 0.25) is 17.8 Å². The van der Waals surface area contributed by atoms with Gasteiger partial charge in [-0.1, -0.05) is 13.8 Å². The Bertz CT molecular complexity index is 417. The lowest BCUT2D eigenvalue weighted by atomic mass is 10.0. The summed E-state index contributed by atoms with van der Waals surface area (Å²) in [6.45, 7) is 12.6. The Morgan fingerprint density at radius 2 is 1.57 bits per heavy atom. The summed E-state index contributed by atoms with van der Waals surface area (Å²) in [6, 6.07) is 0.351. The van der Waals surface area contributed by atoms with Crippen molar-refractivity contribution >= 4 is 17.8 Å². The lowest BCUT2D eigenvalue weighted by molar-refractivity contribution is 0.526. The minimum atomic E-state index is 0.351. The van der Waals surface area contributed by atoms with Crippen LogP contribution in [0.2, 0.25) is 0 Å². The standard InChI is InChI=1S/C15H30N6/c1-7-21(8-2)15-19-13(16-6)18-14(20-15)17-12(5)10-9-11(3)4/h11-12H,7-10H2,1-6H3,(H2,16,17,18,19,20). The van der Waals surface area contributed by atoms with E-state index in [1.807, 2.05) is 7.05 Å². The van der Waals surface area contributed by atoms with Gasteiger partial charge in [0.25, 0.3) is 0 Å². The number of hydrogen-bond acceptors (Lipinski definition) is 6. The molecule has 0 amide bonds. The van der Waals surface area contributed by atoms with Crippen molar-refractivity contribution in [3.05, 3.63) is 0 Å². The Morgan fingerprint density at radius 3 is 2.10 bits per heavy atom. The fraction of sp³-hybridized carbons (Fsp3) is 0.800. The number of anilines is 3. The highest BCUT2D eigenvalue weighted by atomic mass is 15.3. The number of aromatic nitrogens is 3. The van der Waals surface area contributed by atoms with E-state index >= 15 is 0 Å². The van der Waals surface area contributed by atoms with Crippen LogP contribution in [0, 0.1) is 5.92 Å². The van der Waals surface area contributed by atoms with Crippen LogP contribution in [0.5, 0.6) is 0 Å². The van der Waals surface area contributed by atoms with E-state index in [2.05, 4.69) is 65.1 Å². The van der Waals surface area contributed by atoms with Gasteiger partial charge >= 0.3 is 0 Å². The molecule has 0 aliphatic rings. The van der Waals surface area contributed by atoms with Gasteiger partial charge in [0.1, 0.15) is 0 Å². The van der Waals surface area contributed by atoms with E-state index in [0.29, 0.717) is 23.9 Å². The second kappa shape index (κ2) is 8.64. The molecule has 1 aromatic heterocycles. The molecule has 0 aliphatic carbocycles. The maximum atomic E-state index is 4.54. The van der Waals surface area contributed by atoms with Crippen LogP contribution in [-0.4, -0.2) is 41.1 Å². The quantitative estimate of drug-likeness (QED) is 0.730. The van der Waals surface area contributed by atoms with E-state index in [1.54, 1.807) is 0 Å². The molecule has 0 bridgehead atoms. The van der Waals surface area contributed by atoms with Crippen molar-refractivity contribution in [1.82, 2.24) is 15.0 Å². The summed E-state index contributed by atoms with van der Waals surface area (Å²) in [7, 11) is 1.83. The van der Waals surface area contributed by atoms with Gasteiger partial charge in [0.15, 0.2) is 0 Å². The Labute approximate surface area is 128 Å². The van der Waals surface area contributed by atoms with Crippen LogP contribution < -0.4 is 15.5 Å². The highest BCUT2D eigenvalue weighted by molar-refractivity contribution is 5.43. The van der Waals surface area contributed by atoms with E-state index in [9.17, 15) is 0 Å². The SMILES string of the molecule is CCN(CC)c1nc(NC)nc(NC(C)CCC(C)C)n1. The van der Waals surface area contributed by atoms with Gasteiger partial charge in [-0.15, -0.1) is 0 Å². The zero-order chi connectivity index (χ0) is 15.8. The summed E-state index contributed by atoms with van der Waals surface area (Å²) in [5, 5.41) is 6.39. The second-order valence-corrected chi connectivity index (χ2v) is 5.72. The summed E-state index contributed by atoms with van der Waals surface area (Å²) >= 11 is 0. The molecule has 1 atom stereocenters. The maximum Gasteiger partial charge on any atom is 0.231 e. The molecule has 6 heteroatoms. The van der Waals surface area contributed by atoms with Crippen LogP contribution in [0.3, 0.4) is 0 Å². The summed E-state index contributed by atoms with van der Waals surface area (Å²) in [6.07, 6.45) is 2.31. The minimum Gasteiger partial charge on any atom is -0.357 e. The lowest BCUT2D eigenvalue weighted by Gasteiger charge is -2.21. The third kappa shape index (κ3) is 5.73. The van der Waals surface area contributed by atoms with Crippen molar-refractivity contribution in [1.29, 1.82) is 0 Å². The minimum absolute atomic E-state index is 0.351. The Balaban J connectivity index is 2.83. The fourth-order valence-corrected chi connectivity index (χ4v) is 2.06. The molecule has 120 valence electrons. The number of hydrogen-bond donors (Lipinski definition) is 2. The van der Waals surface area contributed by atoms with Gasteiger partial charge in [0.05, 0.1) is 0 Å². The number of nitrogens with zero attached hydrogens (tertiary/aromatic N) is 4. The first-order chi connectivity index (χ1) is 9.99. The van der Waals surface area contributed by atoms with Crippen LogP contribution in [0.25, 0.3) is 0 Å². The summed E-state index contributed by atoms with van der Waals surface area (Å²) in [5.41, 5.74) is 0. The normalized spacial score (nSPS) is 12.3. The summed E-state index contributed by atoms with van der Waals surface area (Å²) in [4.78, 5) is 15.5. The second-order valence-electron chi connectivity index (χ2n) is 5.72. The van der Waals surface area contributed by atoms with E-state index < -0.39 is 0 Å². The lowest BCUT2D eigenvalue weighted by Crippen LogP contribution is -2.26. The molecule has 0 aromatic carbocycles. The average molecular weight is 294 g/mol. The monoisotopic (exact) mass is 294 g/mol. The smallest absolute Gasteiger partial charge is 0.231 e. The highest BCUT2D eigenvalue weighted by Crippen LogP contribution is 2.15. The first-order valence-corrected chi connectivity index (χ1v) is 7.95. The molecule has 0 aliphatic heterocycles. The van der Waals surface area contributed by atoms with E-state index in [4.69, 9.17) is 0 Å². The maximum absolute atomic E-state index is 4.54. The zero-order valence-electron chi connectivity index (χ0n) is 14.3. The Kier molecular flexibility index (Phi) is 7.19. The molecular weight excluding hydrogens is 264 g/mol. The van der Waals surface area contributed by atoms with Gasteiger partial charge in [-0.25, -0.2) is 0 Å². The van der Waals surface area contributed by atoms with Gasteiger partial charge in [-0.2, -0.15) is 15.0 Å². The average Bonchev–Trinajstić information content (AvgIpc) is 2.46. The van der Waals surface area contributed by atoms with Gasteiger partial charge in [-0.05, 0) is 39.5 Å². The van der Waals surface area contributed by atoms with Crippen molar-refractivity contribution < 1.29 is 0 Å². The van der Waals surface area contributed by atoms with Crippen molar-refractivity contribution in [3.8, 4) is 0 Å². The Morgan fingerprint density at radius 1 is 0.952 bits per heavy atom. The summed E-state index contributed by atoms with van der Waals surface area (Å²) < 4.78 is 0. The third-order valence-electron chi connectivity index (χ3n) is 3.45. The first kappa shape index (κ1) is 17.5. The molecule has 2 N–H and O–H groups in total. The molecule has 1 heterocycles. The molecule has 0 radical (unpaired) electrons. The van der Waals surface area contributed by atoms with Gasteiger partial charge in [-0.3, -0.25) is 0 Å². The van der Waals surface area contributed by atoms with Crippen molar-refractivity contribution in [2.75, 3.05) is 35.7 Å². The third-order valence-corrected chi connectivity index (χ3v) is 3.45. The van der Waals surface area contributed by atoms with Crippen LogP contribution in [0.1, 0.15) is 47.5 Å². The molecule has 0 saturated carbocycles. The number of nitrogens with one attached hydrogen (secondary N) is 2. The first-order valence-electron chi connectivity index (χ1n) is 7.95. The van der Waals surface area contributed by atoms with Gasteiger partial charge < -0.3 is 15.5 Å². The van der Waals surface area contributed by atoms with Crippen LogP contribution in [0.4, 0.5) is 17.8 Å². The van der Waals surface area contributed by atoms with E-state index in [-0.39, 0.29) is 0 Å². The largest absolute Gasteiger partial charge is 0.357 e. The molecule has 0 fully saturated rings. The molecule has 0 saturated heterocycles. The molecule has 1 rings (SSSR count). The molecule has 1 aromatic rings. The van der Waals surface area contributed by atoms with Crippen molar-refractivity contribution in [3.63, 3.8) is 0 Å². The van der Waals surface area contributed by atoms with Crippen LogP contribution in [-0.2, 0) is 0 Å². The number of rotatable bonds is 9.